The van der Waals surface area contributed by atoms with Crippen LogP contribution >= 0.6 is 0 Å². The molecule has 0 saturated heterocycles. The molecular weight excluding hydrogens is 354 g/mol. The molecule has 0 bridgehead atoms. The van der Waals surface area contributed by atoms with Gasteiger partial charge in [-0.15, -0.1) is 0 Å². The molecular formula is C22H27N3O3. The summed E-state index contributed by atoms with van der Waals surface area (Å²) in [7, 11) is 1.64. The summed E-state index contributed by atoms with van der Waals surface area (Å²) in [5, 5.41) is 5.76. The number of hydrogen-bond acceptors (Lipinski definition) is 3. The fourth-order valence-corrected chi connectivity index (χ4v) is 3.39. The summed E-state index contributed by atoms with van der Waals surface area (Å²) < 4.78 is 5.14. The van der Waals surface area contributed by atoms with Crippen LogP contribution in [0.25, 0.3) is 0 Å². The summed E-state index contributed by atoms with van der Waals surface area (Å²) >= 11 is 0. The molecule has 0 aromatic heterocycles. The van der Waals surface area contributed by atoms with E-state index in [2.05, 4.69) is 17.6 Å². The third-order valence-electron chi connectivity index (χ3n) is 4.84. The van der Waals surface area contributed by atoms with Crippen LogP contribution in [0.15, 0.2) is 42.5 Å². The fraction of sp³-hybridized carbons (Fsp3) is 0.364. The van der Waals surface area contributed by atoms with E-state index in [1.165, 1.54) is 0 Å². The molecule has 0 radical (unpaired) electrons. The third kappa shape index (κ3) is 4.82. The molecule has 3 rings (SSSR count). The van der Waals surface area contributed by atoms with Gasteiger partial charge in [-0.1, -0.05) is 19.1 Å². The van der Waals surface area contributed by atoms with Crippen LogP contribution in [0.4, 0.5) is 16.2 Å². The zero-order valence-electron chi connectivity index (χ0n) is 16.5. The number of aryl methyl sites for hydroxylation is 1. The lowest BCUT2D eigenvalue weighted by Gasteiger charge is -2.29. The number of fused-ring (bicyclic) bond motifs is 1. The number of methoxy groups -OCH3 is 1. The van der Waals surface area contributed by atoms with Crippen molar-refractivity contribution in [2.45, 2.75) is 32.6 Å². The Morgan fingerprint density at radius 3 is 2.64 bits per heavy atom. The first-order valence-corrected chi connectivity index (χ1v) is 9.71. The molecule has 0 aliphatic carbocycles. The molecule has 3 amide bonds. The summed E-state index contributed by atoms with van der Waals surface area (Å²) in [5.74, 6) is 0.993. The number of benzene rings is 2. The second kappa shape index (κ2) is 9.26. The van der Waals surface area contributed by atoms with E-state index in [-0.39, 0.29) is 11.9 Å². The summed E-state index contributed by atoms with van der Waals surface area (Å²) in [6.07, 6.45) is 2.89. The van der Waals surface area contributed by atoms with Gasteiger partial charge in [-0.05, 0) is 60.7 Å². The van der Waals surface area contributed by atoms with Gasteiger partial charge in [0, 0.05) is 30.9 Å². The number of rotatable bonds is 7. The van der Waals surface area contributed by atoms with Crippen LogP contribution in [-0.2, 0) is 17.6 Å². The zero-order valence-corrected chi connectivity index (χ0v) is 16.5. The number of nitrogens with one attached hydrogen (secondary N) is 2. The maximum Gasteiger partial charge on any atom is 0.319 e. The summed E-state index contributed by atoms with van der Waals surface area (Å²) in [6.45, 7) is 3.33. The van der Waals surface area contributed by atoms with Gasteiger partial charge in [-0.3, -0.25) is 4.79 Å². The number of anilines is 2. The van der Waals surface area contributed by atoms with Crippen molar-refractivity contribution in [3.8, 4) is 5.75 Å². The van der Waals surface area contributed by atoms with Gasteiger partial charge < -0.3 is 20.3 Å². The molecule has 0 atom stereocenters. The number of carbonyl (C=O) groups is 2. The highest BCUT2D eigenvalue weighted by molar-refractivity contribution is 5.97. The maximum atomic E-state index is 12.2. The van der Waals surface area contributed by atoms with Crippen LogP contribution in [0, 0.1) is 0 Å². The Balaban J connectivity index is 1.53. The van der Waals surface area contributed by atoms with E-state index in [1.807, 2.05) is 47.4 Å². The predicted molar refractivity (Wildman–Crippen MR) is 111 cm³/mol. The Kier molecular flexibility index (Phi) is 6.53. The molecule has 0 unspecified atom stereocenters. The van der Waals surface area contributed by atoms with Crippen molar-refractivity contribution in [3.05, 3.63) is 53.6 Å². The second-order valence-corrected chi connectivity index (χ2v) is 6.87. The van der Waals surface area contributed by atoms with Crippen molar-refractivity contribution in [1.29, 1.82) is 0 Å². The zero-order chi connectivity index (χ0) is 19.9. The van der Waals surface area contributed by atoms with Gasteiger partial charge in [-0.2, -0.15) is 0 Å². The lowest BCUT2D eigenvalue weighted by atomic mass is 10.00. The molecule has 1 heterocycles. The Morgan fingerprint density at radius 1 is 1.14 bits per heavy atom. The molecule has 2 aromatic carbocycles. The molecule has 1 aliphatic rings. The SMILES string of the molecule is CCCN1C(=O)CCc2cc(NC(=O)NCCc3ccc(OC)cc3)ccc21. The molecule has 0 saturated carbocycles. The Morgan fingerprint density at radius 2 is 1.93 bits per heavy atom. The van der Waals surface area contributed by atoms with E-state index in [0.29, 0.717) is 19.4 Å². The number of ether oxygens (including phenoxy) is 1. The molecule has 6 nitrogen and oxygen atoms in total. The first-order valence-electron chi connectivity index (χ1n) is 9.71. The first kappa shape index (κ1) is 19.7. The molecule has 6 heteroatoms. The monoisotopic (exact) mass is 381 g/mol. The van der Waals surface area contributed by atoms with Gasteiger partial charge in [0.2, 0.25) is 5.91 Å². The third-order valence-corrected chi connectivity index (χ3v) is 4.84. The number of nitrogens with zero attached hydrogens (tertiary/aromatic N) is 1. The van der Waals surface area contributed by atoms with Gasteiger partial charge >= 0.3 is 6.03 Å². The van der Waals surface area contributed by atoms with Crippen molar-refractivity contribution < 1.29 is 14.3 Å². The Hall–Kier alpha value is -3.02. The van der Waals surface area contributed by atoms with Crippen LogP contribution in [0.2, 0.25) is 0 Å². The van der Waals surface area contributed by atoms with Crippen LogP contribution < -0.4 is 20.3 Å². The van der Waals surface area contributed by atoms with E-state index >= 15 is 0 Å². The fourth-order valence-electron chi connectivity index (χ4n) is 3.39. The molecule has 28 heavy (non-hydrogen) atoms. The minimum Gasteiger partial charge on any atom is -0.497 e. The molecule has 0 spiro atoms. The van der Waals surface area contributed by atoms with E-state index in [4.69, 9.17) is 4.74 Å². The standard InChI is InChI=1S/C22H27N3O3/c1-3-14-25-20-10-7-18(15-17(20)6-11-21(25)26)24-22(27)23-13-12-16-4-8-19(28-2)9-5-16/h4-5,7-10,15H,3,6,11-14H2,1-2H3,(H2,23,24,27). The quantitative estimate of drug-likeness (QED) is 0.767. The largest absolute Gasteiger partial charge is 0.497 e. The minimum absolute atomic E-state index is 0.173. The van der Waals surface area contributed by atoms with E-state index in [1.54, 1.807) is 7.11 Å². The summed E-state index contributed by atoms with van der Waals surface area (Å²) in [6, 6.07) is 13.3. The van der Waals surface area contributed by atoms with Crippen LogP contribution in [0.3, 0.4) is 0 Å². The highest BCUT2D eigenvalue weighted by atomic mass is 16.5. The molecule has 0 fully saturated rings. The Labute approximate surface area is 165 Å². The predicted octanol–water partition coefficient (Wildman–Crippen LogP) is 3.75. The van der Waals surface area contributed by atoms with Crippen molar-refractivity contribution >= 4 is 23.3 Å². The van der Waals surface area contributed by atoms with E-state index in [9.17, 15) is 9.59 Å². The van der Waals surface area contributed by atoms with Crippen LogP contribution in [-0.4, -0.2) is 32.1 Å². The van der Waals surface area contributed by atoms with Gasteiger partial charge in [0.15, 0.2) is 0 Å². The van der Waals surface area contributed by atoms with Gasteiger partial charge in [0.25, 0.3) is 0 Å². The van der Waals surface area contributed by atoms with Crippen molar-refractivity contribution in [2.75, 3.05) is 30.4 Å². The molecule has 2 aromatic rings. The molecule has 2 N–H and O–H groups in total. The number of carbonyl (C=O) groups excluding carboxylic acids is 2. The molecule has 148 valence electrons. The average molecular weight is 381 g/mol. The highest BCUT2D eigenvalue weighted by Gasteiger charge is 2.23. The molecule has 1 aliphatic heterocycles. The minimum atomic E-state index is -0.231. The first-order chi connectivity index (χ1) is 13.6. The lowest BCUT2D eigenvalue weighted by molar-refractivity contribution is -0.118. The lowest BCUT2D eigenvalue weighted by Crippen LogP contribution is -2.35. The summed E-state index contributed by atoms with van der Waals surface area (Å²) in [4.78, 5) is 26.1. The van der Waals surface area contributed by atoms with Crippen LogP contribution in [0.5, 0.6) is 5.75 Å². The van der Waals surface area contributed by atoms with Gasteiger partial charge in [0.05, 0.1) is 7.11 Å². The summed E-state index contributed by atoms with van der Waals surface area (Å²) in [5.41, 5.74) is 3.94. The maximum absolute atomic E-state index is 12.2. The second-order valence-electron chi connectivity index (χ2n) is 6.87. The topological polar surface area (TPSA) is 70.7 Å². The number of amides is 3. The Bertz CT molecular complexity index is 833. The van der Waals surface area contributed by atoms with Gasteiger partial charge in [0.1, 0.15) is 5.75 Å². The van der Waals surface area contributed by atoms with Crippen molar-refractivity contribution in [2.24, 2.45) is 0 Å². The highest BCUT2D eigenvalue weighted by Crippen LogP contribution is 2.30. The van der Waals surface area contributed by atoms with Crippen molar-refractivity contribution in [1.82, 2.24) is 5.32 Å². The van der Waals surface area contributed by atoms with E-state index in [0.717, 1.165) is 47.6 Å². The normalized spacial score (nSPS) is 13.1. The number of hydrogen-bond donors (Lipinski definition) is 2. The van der Waals surface area contributed by atoms with Crippen LogP contribution in [0.1, 0.15) is 30.9 Å². The average Bonchev–Trinajstić information content (AvgIpc) is 2.71. The van der Waals surface area contributed by atoms with Crippen molar-refractivity contribution in [3.63, 3.8) is 0 Å². The van der Waals surface area contributed by atoms with E-state index < -0.39 is 0 Å². The smallest absolute Gasteiger partial charge is 0.319 e. The number of urea groups is 1. The van der Waals surface area contributed by atoms with Gasteiger partial charge in [-0.25, -0.2) is 4.79 Å².